The van der Waals surface area contributed by atoms with Crippen molar-refractivity contribution in [1.82, 2.24) is 9.97 Å². The number of halogens is 2. The number of aliphatic carboxylic acids is 1. The van der Waals surface area contributed by atoms with Crippen molar-refractivity contribution in [1.29, 1.82) is 0 Å². The van der Waals surface area contributed by atoms with Crippen molar-refractivity contribution >= 4 is 57.6 Å². The van der Waals surface area contributed by atoms with Gasteiger partial charge in [-0.25, -0.2) is 9.78 Å². The molecule has 0 bridgehead atoms. The number of H-pyrrole nitrogens is 1. The van der Waals surface area contributed by atoms with E-state index in [1.807, 2.05) is 0 Å². The van der Waals surface area contributed by atoms with Crippen LogP contribution in [0.2, 0.25) is 10.2 Å². The molecule has 2 aromatic heterocycles. The standard InChI is InChI=1S/C11H7Cl2N3O3S/c12-6-3-7(15-9(6)13)10(19)16-11-14-4-5(20-11)1-2-8(17)18/h1-4,15H,(H,17,18)(H,14,16,19). The molecule has 0 aliphatic carbocycles. The van der Waals surface area contributed by atoms with Crippen LogP contribution in [0.3, 0.4) is 0 Å². The Balaban J connectivity index is 2.07. The number of carboxylic acids is 1. The van der Waals surface area contributed by atoms with Crippen molar-refractivity contribution < 1.29 is 14.7 Å². The third kappa shape index (κ3) is 3.60. The van der Waals surface area contributed by atoms with E-state index in [1.54, 1.807) is 0 Å². The minimum absolute atomic E-state index is 0.182. The molecule has 9 heteroatoms. The first-order valence-electron chi connectivity index (χ1n) is 5.18. The summed E-state index contributed by atoms with van der Waals surface area (Å²) >= 11 is 12.6. The van der Waals surface area contributed by atoms with Crippen LogP contribution in [0.25, 0.3) is 6.08 Å². The number of nitrogens with one attached hydrogen (secondary N) is 2. The quantitative estimate of drug-likeness (QED) is 0.750. The third-order valence-electron chi connectivity index (χ3n) is 2.10. The Morgan fingerprint density at radius 2 is 2.20 bits per heavy atom. The molecular weight excluding hydrogens is 325 g/mol. The smallest absolute Gasteiger partial charge is 0.328 e. The van der Waals surface area contributed by atoms with E-state index >= 15 is 0 Å². The normalized spacial score (nSPS) is 10.9. The zero-order valence-electron chi connectivity index (χ0n) is 9.68. The third-order valence-corrected chi connectivity index (χ3v) is 3.67. The van der Waals surface area contributed by atoms with E-state index in [4.69, 9.17) is 28.3 Å². The van der Waals surface area contributed by atoms with Crippen molar-refractivity contribution in [2.45, 2.75) is 0 Å². The van der Waals surface area contributed by atoms with Gasteiger partial charge in [0.2, 0.25) is 0 Å². The average Bonchev–Trinajstić information content (AvgIpc) is 2.95. The zero-order chi connectivity index (χ0) is 14.7. The van der Waals surface area contributed by atoms with Crippen LogP contribution in [-0.2, 0) is 4.79 Å². The van der Waals surface area contributed by atoms with E-state index in [1.165, 1.54) is 18.3 Å². The molecule has 0 aliphatic rings. The minimum atomic E-state index is -1.06. The van der Waals surface area contributed by atoms with Gasteiger partial charge in [-0.1, -0.05) is 34.5 Å². The predicted molar refractivity (Wildman–Crippen MR) is 77.5 cm³/mol. The number of hydrogen-bond donors (Lipinski definition) is 3. The highest BCUT2D eigenvalue weighted by Crippen LogP contribution is 2.24. The topological polar surface area (TPSA) is 95.1 Å². The number of anilines is 1. The molecule has 0 atom stereocenters. The van der Waals surface area contributed by atoms with Crippen molar-refractivity contribution in [2.24, 2.45) is 0 Å². The van der Waals surface area contributed by atoms with Gasteiger partial charge in [-0.2, -0.15) is 0 Å². The van der Waals surface area contributed by atoms with E-state index in [-0.39, 0.29) is 15.9 Å². The Hall–Kier alpha value is -1.83. The van der Waals surface area contributed by atoms with E-state index in [9.17, 15) is 9.59 Å². The summed E-state index contributed by atoms with van der Waals surface area (Å²) in [5.41, 5.74) is 0.206. The van der Waals surface area contributed by atoms with Gasteiger partial charge in [0, 0.05) is 17.2 Å². The Morgan fingerprint density at radius 1 is 1.45 bits per heavy atom. The second-order valence-electron chi connectivity index (χ2n) is 3.54. The van der Waals surface area contributed by atoms with E-state index < -0.39 is 11.9 Å². The van der Waals surface area contributed by atoms with Gasteiger partial charge in [-0.3, -0.25) is 10.1 Å². The van der Waals surface area contributed by atoms with Gasteiger partial charge in [0.05, 0.1) is 5.02 Å². The number of aromatic nitrogens is 2. The number of amides is 1. The van der Waals surface area contributed by atoms with Crippen LogP contribution in [0.15, 0.2) is 18.3 Å². The maximum Gasteiger partial charge on any atom is 0.328 e. The van der Waals surface area contributed by atoms with Crippen molar-refractivity contribution in [3.05, 3.63) is 39.1 Å². The summed E-state index contributed by atoms with van der Waals surface area (Å²) in [5.74, 6) is -1.50. The maximum absolute atomic E-state index is 11.8. The molecule has 0 spiro atoms. The molecule has 1 amide bonds. The molecule has 2 aromatic rings. The fraction of sp³-hybridized carbons (Fsp3) is 0. The second-order valence-corrected chi connectivity index (χ2v) is 5.39. The molecule has 0 radical (unpaired) electrons. The van der Waals surface area contributed by atoms with Crippen molar-refractivity contribution in [2.75, 3.05) is 5.32 Å². The molecule has 20 heavy (non-hydrogen) atoms. The minimum Gasteiger partial charge on any atom is -0.478 e. The van der Waals surface area contributed by atoms with Gasteiger partial charge in [0.1, 0.15) is 10.8 Å². The highest BCUT2D eigenvalue weighted by Gasteiger charge is 2.13. The number of hydrogen-bond acceptors (Lipinski definition) is 4. The van der Waals surface area contributed by atoms with Gasteiger partial charge >= 0.3 is 5.97 Å². The van der Waals surface area contributed by atoms with Gasteiger partial charge in [-0.15, -0.1) is 0 Å². The van der Waals surface area contributed by atoms with Gasteiger partial charge in [0.15, 0.2) is 5.13 Å². The number of carboxylic acid groups (broad SMARTS) is 1. The zero-order valence-corrected chi connectivity index (χ0v) is 12.0. The van der Waals surface area contributed by atoms with Gasteiger partial charge in [0.25, 0.3) is 5.91 Å². The molecule has 0 saturated heterocycles. The lowest BCUT2D eigenvalue weighted by atomic mass is 10.4. The first kappa shape index (κ1) is 14.6. The predicted octanol–water partition coefficient (Wildman–Crippen LogP) is 3.13. The van der Waals surface area contributed by atoms with Crippen LogP contribution in [0.4, 0.5) is 5.13 Å². The summed E-state index contributed by atoms with van der Waals surface area (Å²) < 4.78 is 0. The SMILES string of the molecule is O=C(O)C=Cc1cnc(NC(=O)c2cc(Cl)c(Cl)[nH]2)s1. The molecule has 0 saturated carbocycles. The molecule has 104 valence electrons. The van der Waals surface area contributed by atoms with E-state index in [0.717, 1.165) is 17.4 Å². The fourth-order valence-corrected chi connectivity index (χ4v) is 2.29. The molecule has 0 aliphatic heterocycles. The number of thiazole rings is 1. The maximum atomic E-state index is 11.8. The first-order valence-corrected chi connectivity index (χ1v) is 6.75. The van der Waals surface area contributed by atoms with Crippen LogP contribution < -0.4 is 5.32 Å². The summed E-state index contributed by atoms with van der Waals surface area (Å²) in [4.78, 5) is 29.4. The fourth-order valence-electron chi connectivity index (χ4n) is 1.27. The van der Waals surface area contributed by atoms with Gasteiger partial charge < -0.3 is 10.1 Å². The van der Waals surface area contributed by atoms with Gasteiger partial charge in [-0.05, 0) is 12.1 Å². The lowest BCUT2D eigenvalue weighted by Gasteiger charge is -1.97. The number of carbonyl (C=O) groups excluding carboxylic acids is 1. The van der Waals surface area contributed by atoms with Crippen molar-refractivity contribution in [3.8, 4) is 0 Å². The Morgan fingerprint density at radius 3 is 2.80 bits per heavy atom. The molecule has 0 unspecified atom stereocenters. The lowest BCUT2D eigenvalue weighted by Crippen LogP contribution is -2.11. The molecule has 0 fully saturated rings. The molecular formula is C11H7Cl2N3O3S. The van der Waals surface area contributed by atoms with Crippen LogP contribution >= 0.6 is 34.5 Å². The Labute approximate surface area is 127 Å². The lowest BCUT2D eigenvalue weighted by molar-refractivity contribution is -0.131. The van der Waals surface area contributed by atoms with Crippen LogP contribution in [0.1, 0.15) is 15.4 Å². The van der Waals surface area contributed by atoms with E-state index in [0.29, 0.717) is 10.0 Å². The van der Waals surface area contributed by atoms with Crippen LogP contribution in [0, 0.1) is 0 Å². The summed E-state index contributed by atoms with van der Waals surface area (Å²) in [7, 11) is 0. The molecule has 2 rings (SSSR count). The second kappa shape index (κ2) is 6.08. The highest BCUT2D eigenvalue weighted by atomic mass is 35.5. The monoisotopic (exact) mass is 331 g/mol. The number of rotatable bonds is 4. The number of nitrogens with zero attached hydrogens (tertiary/aromatic N) is 1. The first-order chi connectivity index (χ1) is 9.45. The van der Waals surface area contributed by atoms with E-state index in [2.05, 4.69) is 15.3 Å². The molecule has 6 nitrogen and oxygen atoms in total. The number of aromatic amines is 1. The molecule has 0 aromatic carbocycles. The summed E-state index contributed by atoms with van der Waals surface area (Å²) in [6.45, 7) is 0. The average molecular weight is 332 g/mol. The summed E-state index contributed by atoms with van der Waals surface area (Å²) in [5, 5.41) is 11.8. The Bertz CT molecular complexity index is 673. The van der Waals surface area contributed by atoms with Crippen LogP contribution in [0.5, 0.6) is 0 Å². The highest BCUT2D eigenvalue weighted by molar-refractivity contribution is 7.16. The van der Waals surface area contributed by atoms with Crippen molar-refractivity contribution in [3.63, 3.8) is 0 Å². The van der Waals surface area contributed by atoms with Crippen LogP contribution in [-0.4, -0.2) is 27.0 Å². The summed E-state index contributed by atoms with van der Waals surface area (Å²) in [6.07, 6.45) is 3.83. The molecule has 3 N–H and O–H groups in total. The Kier molecular flexibility index (Phi) is 4.43. The molecule has 2 heterocycles. The summed E-state index contributed by atoms with van der Waals surface area (Å²) in [6, 6.07) is 1.40. The number of carbonyl (C=O) groups is 2. The largest absolute Gasteiger partial charge is 0.478 e.